The van der Waals surface area contributed by atoms with Crippen LogP contribution in [0.2, 0.25) is 5.02 Å². The van der Waals surface area contributed by atoms with Crippen molar-refractivity contribution in [2.75, 3.05) is 44.2 Å². The van der Waals surface area contributed by atoms with Crippen molar-refractivity contribution < 1.29 is 4.79 Å². The Kier molecular flexibility index (Phi) is 5.59. The zero-order chi connectivity index (χ0) is 14.9. The standard InChI is InChI=1S/C16H22ClN3O.ClH/c1-16(5-6-18-12-16)15(21)20-9-7-19(8-10-20)14-4-2-3-13(17)11-14;/h2-4,11,18H,5-10,12H2,1H3;1H. The van der Waals surface area contributed by atoms with Gasteiger partial charge in [0.15, 0.2) is 0 Å². The van der Waals surface area contributed by atoms with Crippen LogP contribution in [0.4, 0.5) is 5.69 Å². The van der Waals surface area contributed by atoms with Crippen molar-refractivity contribution in [3.63, 3.8) is 0 Å². The lowest BCUT2D eigenvalue weighted by Crippen LogP contribution is -2.53. The fraction of sp³-hybridized carbons (Fsp3) is 0.562. The van der Waals surface area contributed by atoms with Crippen LogP contribution in [0.25, 0.3) is 0 Å². The number of halogens is 2. The van der Waals surface area contributed by atoms with E-state index in [4.69, 9.17) is 11.6 Å². The first-order valence-corrected chi connectivity index (χ1v) is 7.97. The van der Waals surface area contributed by atoms with Gasteiger partial charge in [0.25, 0.3) is 0 Å². The predicted molar refractivity (Wildman–Crippen MR) is 93.1 cm³/mol. The lowest BCUT2D eigenvalue weighted by molar-refractivity contribution is -0.140. The van der Waals surface area contributed by atoms with Crippen LogP contribution in [0.1, 0.15) is 13.3 Å². The number of benzene rings is 1. The summed E-state index contributed by atoms with van der Waals surface area (Å²) in [5, 5.41) is 4.06. The predicted octanol–water partition coefficient (Wildman–Crippen LogP) is 2.41. The topological polar surface area (TPSA) is 35.6 Å². The molecular formula is C16H23Cl2N3O. The van der Waals surface area contributed by atoms with E-state index in [1.807, 2.05) is 23.1 Å². The minimum Gasteiger partial charge on any atom is -0.368 e. The number of hydrogen-bond donors (Lipinski definition) is 1. The van der Waals surface area contributed by atoms with Gasteiger partial charge in [-0.25, -0.2) is 0 Å². The lowest BCUT2D eigenvalue weighted by Gasteiger charge is -2.39. The highest BCUT2D eigenvalue weighted by Gasteiger charge is 2.39. The smallest absolute Gasteiger partial charge is 0.229 e. The molecule has 2 aliphatic rings. The second-order valence-electron chi connectivity index (χ2n) is 6.25. The third kappa shape index (κ3) is 3.50. The first kappa shape index (κ1) is 17.4. The Hall–Kier alpha value is -0.970. The van der Waals surface area contributed by atoms with Crippen molar-refractivity contribution in [1.29, 1.82) is 0 Å². The van der Waals surface area contributed by atoms with E-state index in [1.165, 1.54) is 0 Å². The monoisotopic (exact) mass is 343 g/mol. The Bertz CT molecular complexity index is 524. The molecular weight excluding hydrogens is 321 g/mol. The highest BCUT2D eigenvalue weighted by Crippen LogP contribution is 2.28. The second kappa shape index (κ2) is 7.07. The molecule has 3 rings (SSSR count). The molecule has 1 atom stereocenters. The Morgan fingerprint density at radius 1 is 1.27 bits per heavy atom. The van der Waals surface area contributed by atoms with Gasteiger partial charge in [-0.3, -0.25) is 4.79 Å². The molecule has 1 aromatic carbocycles. The molecule has 4 nitrogen and oxygen atoms in total. The van der Waals surface area contributed by atoms with Gasteiger partial charge < -0.3 is 15.1 Å². The van der Waals surface area contributed by atoms with Gasteiger partial charge in [0.2, 0.25) is 5.91 Å². The Morgan fingerprint density at radius 2 is 2.00 bits per heavy atom. The molecule has 0 aliphatic carbocycles. The SMILES string of the molecule is CC1(C(=O)N2CCN(c3cccc(Cl)c3)CC2)CCNC1.Cl. The molecule has 2 saturated heterocycles. The number of nitrogens with one attached hydrogen (secondary N) is 1. The minimum absolute atomic E-state index is 0. The van der Waals surface area contributed by atoms with Gasteiger partial charge in [-0.05, 0) is 38.1 Å². The Morgan fingerprint density at radius 3 is 2.59 bits per heavy atom. The molecule has 2 fully saturated rings. The average molecular weight is 344 g/mol. The van der Waals surface area contributed by atoms with Crippen molar-refractivity contribution in [1.82, 2.24) is 10.2 Å². The molecule has 0 radical (unpaired) electrons. The number of piperazine rings is 1. The van der Waals surface area contributed by atoms with Crippen LogP contribution >= 0.6 is 24.0 Å². The van der Waals surface area contributed by atoms with Crippen LogP contribution in [0.15, 0.2) is 24.3 Å². The van der Waals surface area contributed by atoms with Crippen LogP contribution in [-0.4, -0.2) is 50.1 Å². The molecule has 0 saturated carbocycles. The van der Waals surface area contributed by atoms with E-state index >= 15 is 0 Å². The maximum Gasteiger partial charge on any atom is 0.229 e. The lowest BCUT2D eigenvalue weighted by atomic mass is 9.88. The van der Waals surface area contributed by atoms with Gasteiger partial charge in [-0.2, -0.15) is 0 Å². The average Bonchev–Trinajstić information content (AvgIpc) is 2.95. The third-order valence-electron chi connectivity index (χ3n) is 4.63. The summed E-state index contributed by atoms with van der Waals surface area (Å²) in [5.41, 5.74) is 0.932. The van der Waals surface area contributed by atoms with Crippen LogP contribution in [0.3, 0.4) is 0 Å². The van der Waals surface area contributed by atoms with Gasteiger partial charge in [0.05, 0.1) is 5.41 Å². The summed E-state index contributed by atoms with van der Waals surface area (Å²) >= 11 is 6.05. The highest BCUT2D eigenvalue weighted by atomic mass is 35.5. The number of carbonyl (C=O) groups excluding carboxylic acids is 1. The number of hydrogen-bond acceptors (Lipinski definition) is 3. The first-order chi connectivity index (χ1) is 10.1. The van der Waals surface area contributed by atoms with E-state index in [2.05, 4.69) is 23.2 Å². The number of rotatable bonds is 2. The summed E-state index contributed by atoms with van der Waals surface area (Å²) in [6.45, 7) is 7.16. The Labute approximate surface area is 143 Å². The third-order valence-corrected chi connectivity index (χ3v) is 4.86. The molecule has 2 heterocycles. The number of amides is 1. The fourth-order valence-corrected chi connectivity index (χ4v) is 3.41. The van der Waals surface area contributed by atoms with Crippen molar-refractivity contribution >= 4 is 35.6 Å². The van der Waals surface area contributed by atoms with Crippen molar-refractivity contribution in [2.45, 2.75) is 13.3 Å². The van der Waals surface area contributed by atoms with Gasteiger partial charge in [0.1, 0.15) is 0 Å². The van der Waals surface area contributed by atoms with E-state index in [9.17, 15) is 4.79 Å². The van der Waals surface area contributed by atoms with Crippen LogP contribution in [0, 0.1) is 5.41 Å². The quantitative estimate of drug-likeness (QED) is 0.895. The zero-order valence-corrected chi connectivity index (χ0v) is 14.4. The van der Waals surface area contributed by atoms with Crippen molar-refractivity contribution in [3.8, 4) is 0 Å². The number of nitrogens with zero attached hydrogens (tertiary/aromatic N) is 2. The summed E-state index contributed by atoms with van der Waals surface area (Å²) in [4.78, 5) is 17.0. The minimum atomic E-state index is -0.210. The molecule has 1 amide bonds. The number of carbonyl (C=O) groups is 1. The van der Waals surface area contributed by atoms with Crippen LogP contribution in [-0.2, 0) is 4.79 Å². The number of anilines is 1. The molecule has 1 aromatic rings. The summed E-state index contributed by atoms with van der Waals surface area (Å²) in [7, 11) is 0. The maximum atomic E-state index is 12.7. The van der Waals surface area contributed by atoms with E-state index < -0.39 is 0 Å². The summed E-state index contributed by atoms with van der Waals surface area (Å²) in [5.74, 6) is 0.304. The first-order valence-electron chi connectivity index (χ1n) is 7.59. The van der Waals surface area contributed by atoms with Crippen molar-refractivity contribution in [2.24, 2.45) is 5.41 Å². The van der Waals surface area contributed by atoms with E-state index in [0.717, 1.165) is 56.4 Å². The van der Waals surface area contributed by atoms with E-state index in [-0.39, 0.29) is 17.8 Å². The van der Waals surface area contributed by atoms with E-state index in [0.29, 0.717) is 5.91 Å². The molecule has 6 heteroatoms. The second-order valence-corrected chi connectivity index (χ2v) is 6.68. The van der Waals surface area contributed by atoms with Crippen LogP contribution in [0.5, 0.6) is 0 Å². The van der Waals surface area contributed by atoms with Crippen molar-refractivity contribution in [3.05, 3.63) is 29.3 Å². The molecule has 0 bridgehead atoms. The fourth-order valence-electron chi connectivity index (χ4n) is 3.22. The normalized spacial score (nSPS) is 25.0. The van der Waals surface area contributed by atoms with E-state index in [1.54, 1.807) is 0 Å². The molecule has 0 spiro atoms. The molecule has 122 valence electrons. The van der Waals surface area contributed by atoms with Gasteiger partial charge in [0, 0.05) is 43.4 Å². The maximum absolute atomic E-state index is 12.7. The summed E-state index contributed by atoms with van der Waals surface area (Å²) < 4.78 is 0. The van der Waals surface area contributed by atoms with Gasteiger partial charge in [-0.1, -0.05) is 17.7 Å². The van der Waals surface area contributed by atoms with Gasteiger partial charge in [-0.15, -0.1) is 12.4 Å². The Balaban J connectivity index is 0.00000176. The molecule has 1 N–H and O–H groups in total. The van der Waals surface area contributed by atoms with Crippen LogP contribution < -0.4 is 10.2 Å². The summed E-state index contributed by atoms with van der Waals surface area (Å²) in [6, 6.07) is 7.92. The van der Waals surface area contributed by atoms with Gasteiger partial charge >= 0.3 is 0 Å². The largest absolute Gasteiger partial charge is 0.368 e. The molecule has 22 heavy (non-hydrogen) atoms. The molecule has 2 aliphatic heterocycles. The molecule has 0 aromatic heterocycles. The molecule has 1 unspecified atom stereocenters. The highest BCUT2D eigenvalue weighted by molar-refractivity contribution is 6.30. The zero-order valence-electron chi connectivity index (χ0n) is 12.8. The summed E-state index contributed by atoms with van der Waals surface area (Å²) in [6.07, 6.45) is 0.945.